The largest absolute Gasteiger partial charge is 1.00 e. The molecule has 0 aromatic rings. The molecule has 0 saturated carbocycles. The zero-order valence-electron chi connectivity index (χ0n) is 5.97. The Morgan fingerprint density at radius 1 is 1.29 bits per heavy atom. The molecule has 7 heavy (non-hydrogen) atoms. The van der Waals surface area contributed by atoms with Gasteiger partial charge in [-0.1, -0.05) is 0 Å². The average molecular weight is 122 g/mol. The Morgan fingerprint density at radius 3 is 1.43 bits per heavy atom. The van der Waals surface area contributed by atoms with Gasteiger partial charge in [0.1, 0.15) is 0 Å². The van der Waals surface area contributed by atoms with Crippen LogP contribution < -0.4 is 0 Å². The highest BCUT2D eigenvalue weighted by Gasteiger charge is 1.98. The first-order valence-electron chi connectivity index (χ1n) is 2.09. The van der Waals surface area contributed by atoms with E-state index in [1.807, 2.05) is 26.0 Å². The molecule has 1 rings (SSSR count). The molecule has 1 saturated heterocycles. The summed E-state index contributed by atoms with van der Waals surface area (Å²) in [5, 5.41) is 0. The molecule has 0 bridgehead atoms. The van der Waals surface area contributed by atoms with E-state index in [-0.39, 0.29) is 11.4 Å². The third-order valence-corrected chi connectivity index (χ3v) is 0.354. The quantitative estimate of drug-likeness (QED) is 0.240. The molecule has 0 aromatic heterocycles. The summed E-state index contributed by atoms with van der Waals surface area (Å²) in [6.45, 7) is 0. The molecule has 44 valence electrons. The van der Waals surface area contributed by atoms with Crippen molar-refractivity contribution in [3.8, 4) is 0 Å². The van der Waals surface area contributed by atoms with E-state index < -0.39 is 0 Å². The first-order valence-corrected chi connectivity index (χ1v) is 3.24. The molecule has 0 N–H and O–H groups in total. The van der Waals surface area contributed by atoms with Crippen LogP contribution >= 0.6 is 0 Å². The maximum atomic E-state index is 4.14. The second-order valence-electron chi connectivity index (χ2n) is 1.70. The Morgan fingerprint density at radius 2 is 1.43 bits per heavy atom. The fourth-order valence-corrected chi connectivity index (χ4v) is 0. The summed E-state index contributed by atoms with van der Waals surface area (Å²) in [7, 11) is 5.67. The van der Waals surface area contributed by atoms with Crippen LogP contribution in [0.4, 0.5) is 0 Å². The van der Waals surface area contributed by atoms with Crippen molar-refractivity contribution in [3.05, 3.63) is 0 Å². The van der Waals surface area contributed by atoms with Crippen molar-refractivity contribution in [2.45, 2.75) is 0 Å². The first kappa shape index (κ1) is 7.10. The van der Waals surface area contributed by atoms with E-state index in [4.69, 9.17) is 0 Å². The van der Waals surface area contributed by atoms with E-state index in [9.17, 15) is 0 Å². The SMILES string of the molecule is CN(C)C.O1O[SiH2]1.[H+]. The Labute approximate surface area is 47.7 Å². The van der Waals surface area contributed by atoms with Crippen LogP contribution in [0.3, 0.4) is 0 Å². The van der Waals surface area contributed by atoms with E-state index in [1.54, 1.807) is 0 Å². The van der Waals surface area contributed by atoms with Crippen LogP contribution in [-0.2, 0) is 9.15 Å². The highest BCUT2D eigenvalue weighted by Crippen LogP contribution is 1.83. The van der Waals surface area contributed by atoms with Gasteiger partial charge < -0.3 is 4.90 Å². The topological polar surface area (TPSA) is 28.3 Å². The number of hydrogen-bond acceptors (Lipinski definition) is 3. The highest BCUT2D eigenvalue weighted by molar-refractivity contribution is 6.24. The number of hydrogen-bond donors (Lipinski definition) is 0. The lowest BCUT2D eigenvalue weighted by Crippen LogP contribution is -1.99. The van der Waals surface area contributed by atoms with Crippen LogP contribution in [0.2, 0.25) is 0 Å². The fourth-order valence-electron chi connectivity index (χ4n) is 0. The van der Waals surface area contributed by atoms with Gasteiger partial charge in [-0.25, -0.2) is 0 Å². The van der Waals surface area contributed by atoms with Gasteiger partial charge in [-0.05, 0) is 21.1 Å². The van der Waals surface area contributed by atoms with Gasteiger partial charge in [0.05, 0.1) is 0 Å². The molecule has 0 aliphatic carbocycles. The van der Waals surface area contributed by atoms with Gasteiger partial charge in [0, 0.05) is 0 Å². The Balaban J connectivity index is 0. The van der Waals surface area contributed by atoms with Crippen molar-refractivity contribution >= 4 is 10.0 Å². The third kappa shape index (κ3) is 85.1. The van der Waals surface area contributed by atoms with Crippen molar-refractivity contribution in [3.63, 3.8) is 0 Å². The van der Waals surface area contributed by atoms with Gasteiger partial charge in [0.15, 0.2) is 0 Å². The molecule has 0 aromatic carbocycles. The van der Waals surface area contributed by atoms with Crippen LogP contribution in [0.1, 0.15) is 1.43 Å². The molecule has 1 aliphatic rings. The Hall–Kier alpha value is 0.0969. The normalized spacial score (nSPS) is 15.4. The summed E-state index contributed by atoms with van der Waals surface area (Å²) in [6.07, 6.45) is 0. The third-order valence-electron chi connectivity index (χ3n) is 0.118. The van der Waals surface area contributed by atoms with Crippen molar-refractivity contribution in [2.24, 2.45) is 0 Å². The minimum atomic E-state index is -0.333. The molecule has 0 amide bonds. The molecule has 0 atom stereocenters. The van der Waals surface area contributed by atoms with Gasteiger partial charge in [0.2, 0.25) is 0 Å². The van der Waals surface area contributed by atoms with Crippen LogP contribution in [0.5, 0.6) is 0 Å². The van der Waals surface area contributed by atoms with E-state index in [2.05, 4.69) is 9.15 Å². The summed E-state index contributed by atoms with van der Waals surface area (Å²) in [6, 6.07) is 0. The molecular formula is C3H12NO2Si+. The lowest BCUT2D eigenvalue weighted by atomic mass is 11.0. The molecule has 3 nitrogen and oxygen atoms in total. The van der Waals surface area contributed by atoms with Gasteiger partial charge in [-0.3, -0.25) is 9.15 Å². The standard InChI is InChI=1S/C3H9N.H2O2Si/c1-4(2)3;1-2-3-1/h1-3H3;3H2/p+1. The lowest BCUT2D eigenvalue weighted by molar-refractivity contribution is 0.0850. The average Bonchev–Trinajstić information content (AvgIpc) is 2.02. The summed E-state index contributed by atoms with van der Waals surface area (Å²) < 4.78 is 8.28. The molecule has 0 radical (unpaired) electrons. The summed E-state index contributed by atoms with van der Waals surface area (Å²) >= 11 is 0. The van der Waals surface area contributed by atoms with Gasteiger partial charge in [-0.15, -0.1) is 0 Å². The second-order valence-corrected chi connectivity index (χ2v) is 2.40. The summed E-state index contributed by atoms with van der Waals surface area (Å²) in [4.78, 5) is 2.00. The van der Waals surface area contributed by atoms with Crippen molar-refractivity contribution in [1.82, 2.24) is 4.90 Å². The maximum absolute atomic E-state index is 4.14. The monoisotopic (exact) mass is 122 g/mol. The van der Waals surface area contributed by atoms with Crippen LogP contribution in [-0.4, -0.2) is 36.0 Å². The second kappa shape index (κ2) is 4.26. The lowest BCUT2D eigenvalue weighted by Gasteiger charge is -1.90. The van der Waals surface area contributed by atoms with Crippen LogP contribution in [0.25, 0.3) is 0 Å². The summed E-state index contributed by atoms with van der Waals surface area (Å²) in [5.41, 5.74) is 0. The number of nitrogens with zero attached hydrogens (tertiary/aromatic N) is 1. The number of rotatable bonds is 0. The Kier molecular flexibility index (Phi) is 4.32. The van der Waals surface area contributed by atoms with Gasteiger partial charge in [0.25, 0.3) is 0 Å². The van der Waals surface area contributed by atoms with Crippen molar-refractivity contribution in [1.29, 1.82) is 0 Å². The molecule has 1 heterocycles. The predicted octanol–water partition coefficient (Wildman–Crippen LogP) is -0.763. The predicted molar refractivity (Wildman–Crippen MR) is 31.4 cm³/mol. The minimum absolute atomic E-state index is 0. The van der Waals surface area contributed by atoms with Crippen molar-refractivity contribution < 1.29 is 10.6 Å². The van der Waals surface area contributed by atoms with Crippen LogP contribution in [0, 0.1) is 0 Å². The molecule has 0 spiro atoms. The molecular weight excluding hydrogens is 110 g/mol. The fraction of sp³-hybridized carbons (Fsp3) is 1.00. The van der Waals surface area contributed by atoms with Gasteiger partial charge in [-0.2, -0.15) is 0 Å². The van der Waals surface area contributed by atoms with Crippen LogP contribution in [0.15, 0.2) is 0 Å². The van der Waals surface area contributed by atoms with Gasteiger partial charge >= 0.3 is 11.4 Å². The molecule has 1 fully saturated rings. The maximum Gasteiger partial charge on any atom is 1.00 e. The molecule has 1 aliphatic heterocycles. The van der Waals surface area contributed by atoms with E-state index in [0.717, 1.165) is 0 Å². The minimum Gasteiger partial charge on any atom is -0.312 e. The molecule has 0 unspecified atom stereocenters. The first-order chi connectivity index (χ1) is 3.23. The summed E-state index contributed by atoms with van der Waals surface area (Å²) in [5.74, 6) is 0. The zero-order chi connectivity index (χ0) is 5.70. The van der Waals surface area contributed by atoms with E-state index in [1.165, 1.54) is 0 Å². The smallest absolute Gasteiger partial charge is 0.312 e. The van der Waals surface area contributed by atoms with E-state index >= 15 is 0 Å². The highest BCUT2D eigenvalue weighted by atomic mass is 28.3. The van der Waals surface area contributed by atoms with Crippen molar-refractivity contribution in [2.75, 3.05) is 21.1 Å². The molecule has 4 heteroatoms. The Bertz CT molecular complexity index is 38.8. The van der Waals surface area contributed by atoms with E-state index in [0.29, 0.717) is 0 Å². The zero-order valence-corrected chi connectivity index (χ0v) is 6.39.